The summed E-state index contributed by atoms with van der Waals surface area (Å²) in [6, 6.07) is 16.8. The zero-order valence-electron chi connectivity index (χ0n) is 21.5. The number of nitrogens with one attached hydrogen (secondary N) is 1. The van der Waals surface area contributed by atoms with Crippen LogP contribution in [0.15, 0.2) is 66.7 Å². The molecule has 0 saturated heterocycles. The molecule has 0 spiro atoms. The third kappa shape index (κ3) is 5.41. The molecule has 0 fully saturated rings. The molecule has 3 aromatic rings. The van der Waals surface area contributed by atoms with Crippen LogP contribution in [-0.4, -0.2) is 35.8 Å². The van der Waals surface area contributed by atoms with Gasteiger partial charge in [0.25, 0.3) is 0 Å². The van der Waals surface area contributed by atoms with Gasteiger partial charge in [-0.2, -0.15) is 8.42 Å². The predicted molar refractivity (Wildman–Crippen MR) is 144 cm³/mol. The van der Waals surface area contributed by atoms with Crippen molar-refractivity contribution in [2.75, 3.05) is 10.9 Å². The maximum Gasteiger partial charge on any atom is 0.330 e. The van der Waals surface area contributed by atoms with Gasteiger partial charge in [0.15, 0.2) is 0 Å². The largest absolute Gasteiger partial charge is 0.493 e. The number of rotatable bonds is 8. The van der Waals surface area contributed by atoms with Crippen molar-refractivity contribution in [3.63, 3.8) is 0 Å². The number of anilines is 1. The van der Waals surface area contributed by atoms with E-state index in [9.17, 15) is 18.6 Å². The molecule has 200 valence electrons. The molecule has 9 nitrogen and oxygen atoms in total. The van der Waals surface area contributed by atoms with Gasteiger partial charge in [0, 0.05) is 23.7 Å². The molecule has 3 N–H and O–H groups in total. The normalized spacial score (nSPS) is 18.1. The number of aryl methyl sites for hydroxylation is 1. The Morgan fingerprint density at radius 3 is 2.53 bits per heavy atom. The summed E-state index contributed by atoms with van der Waals surface area (Å²) < 4.78 is 39.2. The molecule has 1 aliphatic carbocycles. The molecule has 1 atom stereocenters. The molecular formula is C28H31N3O6S. The number of pyridine rings is 1. The molecule has 0 bridgehead atoms. The number of benzene rings is 2. The van der Waals surface area contributed by atoms with Gasteiger partial charge in [0.1, 0.15) is 11.9 Å². The van der Waals surface area contributed by atoms with Crippen molar-refractivity contribution in [3.8, 4) is 22.8 Å². The van der Waals surface area contributed by atoms with Crippen LogP contribution in [0.25, 0.3) is 11.1 Å². The van der Waals surface area contributed by atoms with Crippen LogP contribution >= 0.6 is 0 Å². The minimum Gasteiger partial charge on any atom is -0.493 e. The Bertz CT molecular complexity index is 1480. The molecule has 0 saturated carbocycles. The van der Waals surface area contributed by atoms with Crippen molar-refractivity contribution < 1.29 is 28.1 Å². The van der Waals surface area contributed by atoms with Crippen LogP contribution in [-0.2, 0) is 16.6 Å². The summed E-state index contributed by atoms with van der Waals surface area (Å²) in [5.74, 6) is 0.734. The molecule has 10 heteroatoms. The highest BCUT2D eigenvalue weighted by Gasteiger charge is 2.30. The summed E-state index contributed by atoms with van der Waals surface area (Å²) in [6.45, 7) is 5.86. The average Bonchev–Trinajstić information content (AvgIpc) is 3.38. The minimum absolute atomic E-state index is 0.130. The van der Waals surface area contributed by atoms with Gasteiger partial charge in [-0.1, -0.05) is 18.2 Å². The summed E-state index contributed by atoms with van der Waals surface area (Å²) in [7, 11) is -3.84. The number of aliphatic hydroxyl groups excluding tert-OH is 1. The Labute approximate surface area is 222 Å². The van der Waals surface area contributed by atoms with Gasteiger partial charge >= 0.3 is 10.2 Å². The molecule has 38 heavy (non-hydrogen) atoms. The highest BCUT2D eigenvalue weighted by molar-refractivity contribution is 7.91. The van der Waals surface area contributed by atoms with Crippen LogP contribution in [0.1, 0.15) is 49.6 Å². The monoisotopic (exact) mass is 537 g/mol. The second-order valence-electron chi connectivity index (χ2n) is 10.1. The molecule has 0 radical (unpaired) electrons. The van der Waals surface area contributed by atoms with E-state index in [4.69, 9.17) is 9.47 Å². The smallest absolute Gasteiger partial charge is 0.330 e. The summed E-state index contributed by atoms with van der Waals surface area (Å²) in [4.78, 5) is 4.63. The predicted octanol–water partition coefficient (Wildman–Crippen LogP) is 4.67. The molecular weight excluding hydrogens is 506 g/mol. The standard InChI is InChI=1S/C28H31N3O6S/c1-18-21(12-14-27(29-18)36-16-15-28(2,3)33)22-5-4-6-24-23(22)11-13-25(24)37-20-9-7-19(8-10-20)31-17-26(32)30-38(31,34)35/h4-10,12,14,17,25,30,32-33H,11,13,15-16H2,1-3H3/t25-/m1/s1. The van der Waals surface area contributed by atoms with E-state index in [1.54, 1.807) is 38.1 Å². The van der Waals surface area contributed by atoms with E-state index in [1.165, 1.54) is 5.56 Å². The maximum absolute atomic E-state index is 12.1. The molecule has 2 aliphatic rings. The quantitative estimate of drug-likeness (QED) is 0.382. The van der Waals surface area contributed by atoms with Gasteiger partial charge in [0.2, 0.25) is 11.8 Å². The Kier molecular flexibility index (Phi) is 6.70. The lowest BCUT2D eigenvalue weighted by atomic mass is 9.96. The Morgan fingerprint density at radius 2 is 1.87 bits per heavy atom. The van der Waals surface area contributed by atoms with Crippen molar-refractivity contribution in [1.82, 2.24) is 9.71 Å². The van der Waals surface area contributed by atoms with Crippen LogP contribution in [0.3, 0.4) is 0 Å². The number of hydrogen-bond donors (Lipinski definition) is 3. The van der Waals surface area contributed by atoms with Crippen molar-refractivity contribution in [2.45, 2.75) is 51.7 Å². The van der Waals surface area contributed by atoms with E-state index >= 15 is 0 Å². The fraction of sp³-hybridized carbons (Fsp3) is 0.321. The van der Waals surface area contributed by atoms with Crippen LogP contribution in [0.5, 0.6) is 11.6 Å². The van der Waals surface area contributed by atoms with Gasteiger partial charge in [-0.25, -0.2) is 14.0 Å². The number of aliphatic hydroxyl groups is 2. The molecule has 2 aromatic carbocycles. The summed E-state index contributed by atoms with van der Waals surface area (Å²) in [5, 5.41) is 19.4. The van der Waals surface area contributed by atoms with Gasteiger partial charge < -0.3 is 19.7 Å². The third-order valence-electron chi connectivity index (χ3n) is 6.63. The number of nitrogens with zero attached hydrogens (tertiary/aromatic N) is 2. The van der Waals surface area contributed by atoms with Gasteiger partial charge in [-0.3, -0.25) is 0 Å². The van der Waals surface area contributed by atoms with Crippen LogP contribution in [0.4, 0.5) is 5.69 Å². The zero-order valence-corrected chi connectivity index (χ0v) is 22.3. The lowest BCUT2D eigenvalue weighted by molar-refractivity contribution is 0.0547. The fourth-order valence-corrected chi connectivity index (χ4v) is 5.79. The van der Waals surface area contributed by atoms with Gasteiger partial charge in [-0.15, -0.1) is 0 Å². The van der Waals surface area contributed by atoms with Crippen molar-refractivity contribution in [2.24, 2.45) is 0 Å². The third-order valence-corrected chi connectivity index (χ3v) is 7.93. The van der Waals surface area contributed by atoms with E-state index in [1.807, 2.05) is 29.8 Å². The number of hydrogen-bond acceptors (Lipinski definition) is 7. The van der Waals surface area contributed by atoms with Crippen molar-refractivity contribution in [3.05, 3.63) is 83.5 Å². The lowest BCUT2D eigenvalue weighted by Crippen LogP contribution is -2.29. The van der Waals surface area contributed by atoms with Crippen LogP contribution in [0.2, 0.25) is 0 Å². The van der Waals surface area contributed by atoms with Crippen molar-refractivity contribution >= 4 is 15.9 Å². The Morgan fingerprint density at radius 1 is 1.11 bits per heavy atom. The first-order chi connectivity index (χ1) is 18.0. The highest BCUT2D eigenvalue weighted by Crippen LogP contribution is 2.41. The summed E-state index contributed by atoms with van der Waals surface area (Å²) >= 11 is 0. The van der Waals surface area contributed by atoms with Gasteiger partial charge in [-0.05, 0) is 80.6 Å². The fourth-order valence-electron chi connectivity index (χ4n) is 4.74. The number of ether oxygens (including phenoxy) is 2. The Hall–Kier alpha value is -3.76. The molecule has 1 aromatic heterocycles. The van der Waals surface area contributed by atoms with E-state index in [2.05, 4.69) is 17.1 Å². The van der Waals surface area contributed by atoms with Crippen LogP contribution < -0.4 is 18.5 Å². The molecule has 5 rings (SSSR count). The first kappa shape index (κ1) is 25.9. The van der Waals surface area contributed by atoms with E-state index in [-0.39, 0.29) is 6.10 Å². The first-order valence-electron chi connectivity index (χ1n) is 12.4. The van der Waals surface area contributed by atoms with E-state index in [0.29, 0.717) is 30.3 Å². The van der Waals surface area contributed by atoms with Crippen molar-refractivity contribution in [1.29, 1.82) is 0 Å². The lowest BCUT2D eigenvalue weighted by Gasteiger charge is -2.18. The summed E-state index contributed by atoms with van der Waals surface area (Å²) in [5.41, 5.74) is 4.98. The second kappa shape index (κ2) is 9.85. The molecule has 0 amide bonds. The molecule has 1 aliphatic heterocycles. The number of aromatic nitrogens is 1. The Balaban J connectivity index is 1.31. The maximum atomic E-state index is 12.1. The van der Waals surface area contributed by atoms with E-state index in [0.717, 1.165) is 45.7 Å². The second-order valence-corrected chi connectivity index (χ2v) is 11.7. The minimum atomic E-state index is -3.84. The van der Waals surface area contributed by atoms with E-state index < -0.39 is 21.7 Å². The average molecular weight is 538 g/mol. The van der Waals surface area contributed by atoms with Crippen LogP contribution in [0, 0.1) is 6.92 Å². The molecule has 0 unspecified atom stereocenters. The summed E-state index contributed by atoms with van der Waals surface area (Å²) in [6.07, 6.45) is 3.18. The topological polar surface area (TPSA) is 121 Å². The number of fused-ring (bicyclic) bond motifs is 1. The zero-order chi connectivity index (χ0) is 27.1. The first-order valence-corrected chi connectivity index (χ1v) is 13.9. The SMILES string of the molecule is Cc1nc(OCCC(C)(C)O)ccc1-c1cccc2c1CC[C@H]2Oc1ccc(N2C=C(O)NS2(=O)=O)cc1. The van der Waals surface area contributed by atoms with Gasteiger partial charge in [0.05, 0.1) is 24.1 Å². The highest BCUT2D eigenvalue weighted by atomic mass is 32.2. The molecule has 2 heterocycles.